The van der Waals surface area contributed by atoms with E-state index in [-0.39, 0.29) is 6.61 Å². The van der Waals surface area contributed by atoms with Crippen LogP contribution in [0.3, 0.4) is 0 Å². The molecule has 2 aromatic rings. The van der Waals surface area contributed by atoms with Gasteiger partial charge in [-0.2, -0.15) is 13.5 Å². The lowest BCUT2D eigenvalue weighted by molar-refractivity contribution is 0.326. The third-order valence-electron chi connectivity index (χ3n) is 2.42. The minimum atomic E-state index is -3.38. The first-order valence-corrected chi connectivity index (χ1v) is 8.19. The molecule has 0 saturated heterocycles. The number of nitrogens with zero attached hydrogens (tertiary/aromatic N) is 2. The van der Waals surface area contributed by atoms with Crippen LogP contribution in [-0.2, 0) is 20.7 Å². The van der Waals surface area contributed by atoms with Crippen molar-refractivity contribution in [1.82, 2.24) is 9.78 Å². The van der Waals surface area contributed by atoms with Crippen LogP contribution >= 0.6 is 15.9 Å². The fraction of sp³-hybridized carbons (Fsp3) is 0.250. The lowest BCUT2D eigenvalue weighted by Crippen LogP contribution is -2.05. The second-order valence-corrected chi connectivity index (χ2v) is 6.61. The summed E-state index contributed by atoms with van der Waals surface area (Å²) in [5, 5.41) is 4.23. The van der Waals surface area contributed by atoms with E-state index >= 15 is 0 Å². The van der Waals surface area contributed by atoms with Gasteiger partial charge in [0.1, 0.15) is 0 Å². The summed E-state index contributed by atoms with van der Waals surface area (Å²) in [6, 6.07) is 7.74. The highest BCUT2D eigenvalue weighted by Crippen LogP contribution is 2.14. The van der Waals surface area contributed by atoms with Crippen molar-refractivity contribution < 1.29 is 12.6 Å². The van der Waals surface area contributed by atoms with Crippen LogP contribution in [0.2, 0.25) is 0 Å². The Bertz CT molecular complexity index is 650. The van der Waals surface area contributed by atoms with Gasteiger partial charge in [-0.15, -0.1) is 0 Å². The molecule has 102 valence electrons. The fourth-order valence-electron chi connectivity index (χ4n) is 1.54. The number of rotatable bonds is 5. The molecule has 19 heavy (non-hydrogen) atoms. The summed E-state index contributed by atoms with van der Waals surface area (Å²) in [6.07, 6.45) is 5.10. The third kappa shape index (κ3) is 4.45. The predicted molar refractivity (Wildman–Crippen MR) is 75.8 cm³/mol. The van der Waals surface area contributed by atoms with Crippen molar-refractivity contribution in [3.8, 4) is 5.69 Å². The minimum absolute atomic E-state index is 0.130. The first-order chi connectivity index (χ1) is 8.94. The van der Waals surface area contributed by atoms with Crippen molar-refractivity contribution >= 4 is 26.0 Å². The van der Waals surface area contributed by atoms with E-state index in [0.717, 1.165) is 22.0 Å². The lowest BCUT2D eigenvalue weighted by atomic mass is 10.3. The molecule has 5 nitrogen and oxygen atoms in total. The zero-order valence-electron chi connectivity index (χ0n) is 10.3. The van der Waals surface area contributed by atoms with Gasteiger partial charge < -0.3 is 0 Å². The summed E-state index contributed by atoms with van der Waals surface area (Å²) in [4.78, 5) is 0. The van der Waals surface area contributed by atoms with Crippen molar-refractivity contribution in [2.45, 2.75) is 6.42 Å². The van der Waals surface area contributed by atoms with Crippen LogP contribution in [0.1, 0.15) is 5.56 Å². The maximum Gasteiger partial charge on any atom is 0.264 e. The van der Waals surface area contributed by atoms with Gasteiger partial charge in [-0.25, -0.2) is 4.68 Å². The van der Waals surface area contributed by atoms with Crippen LogP contribution in [-0.4, -0.2) is 31.1 Å². The molecule has 0 fully saturated rings. The second kappa shape index (κ2) is 5.85. The molecule has 0 N–H and O–H groups in total. The molecule has 0 radical (unpaired) electrons. The van der Waals surface area contributed by atoms with Gasteiger partial charge in [0.25, 0.3) is 10.1 Å². The summed E-state index contributed by atoms with van der Waals surface area (Å²) < 4.78 is 29.1. The van der Waals surface area contributed by atoms with Gasteiger partial charge in [-0.1, -0.05) is 15.9 Å². The average Bonchev–Trinajstić information content (AvgIpc) is 2.77. The van der Waals surface area contributed by atoms with E-state index in [1.807, 2.05) is 30.5 Å². The highest BCUT2D eigenvalue weighted by Gasteiger charge is 2.04. The summed E-state index contributed by atoms with van der Waals surface area (Å²) in [6.45, 7) is 0.130. The van der Waals surface area contributed by atoms with E-state index in [1.165, 1.54) is 0 Å². The Hall–Kier alpha value is -1.18. The molecule has 0 amide bonds. The maximum absolute atomic E-state index is 10.8. The van der Waals surface area contributed by atoms with Crippen molar-refractivity contribution in [1.29, 1.82) is 0 Å². The molecule has 0 atom stereocenters. The average molecular weight is 345 g/mol. The largest absolute Gasteiger partial charge is 0.270 e. The van der Waals surface area contributed by atoms with Gasteiger partial charge in [0.05, 0.1) is 24.7 Å². The summed E-state index contributed by atoms with van der Waals surface area (Å²) >= 11 is 3.37. The molecule has 1 heterocycles. The molecule has 2 rings (SSSR count). The van der Waals surface area contributed by atoms with E-state index < -0.39 is 10.1 Å². The first kappa shape index (κ1) is 14.2. The maximum atomic E-state index is 10.8. The molecular formula is C12H13BrN2O3S. The van der Waals surface area contributed by atoms with Gasteiger partial charge in [0.2, 0.25) is 0 Å². The van der Waals surface area contributed by atoms with E-state index in [4.69, 9.17) is 4.18 Å². The summed E-state index contributed by atoms with van der Waals surface area (Å²) in [5.41, 5.74) is 1.87. The zero-order valence-corrected chi connectivity index (χ0v) is 12.7. The van der Waals surface area contributed by atoms with E-state index in [1.54, 1.807) is 10.9 Å². The second-order valence-electron chi connectivity index (χ2n) is 4.05. The van der Waals surface area contributed by atoms with Gasteiger partial charge in [-0.05, 0) is 29.8 Å². The Kier molecular flexibility index (Phi) is 4.38. The first-order valence-electron chi connectivity index (χ1n) is 5.58. The van der Waals surface area contributed by atoms with Crippen molar-refractivity contribution in [3.05, 3.63) is 46.7 Å². The normalized spacial score (nSPS) is 11.7. The van der Waals surface area contributed by atoms with Gasteiger partial charge >= 0.3 is 0 Å². The van der Waals surface area contributed by atoms with E-state index in [2.05, 4.69) is 21.0 Å². The summed E-state index contributed by atoms with van der Waals surface area (Å²) in [7, 11) is -3.38. The molecule has 0 saturated carbocycles. The van der Waals surface area contributed by atoms with Gasteiger partial charge in [-0.3, -0.25) is 4.18 Å². The Balaban J connectivity index is 2.01. The molecule has 0 aliphatic carbocycles. The molecule has 0 aliphatic rings. The van der Waals surface area contributed by atoms with Crippen molar-refractivity contribution in [2.24, 2.45) is 0 Å². The Morgan fingerprint density at radius 3 is 2.63 bits per heavy atom. The van der Waals surface area contributed by atoms with Crippen LogP contribution in [0.5, 0.6) is 0 Å². The van der Waals surface area contributed by atoms with Crippen LogP contribution < -0.4 is 0 Å². The fourth-order valence-corrected chi connectivity index (χ4v) is 2.19. The molecule has 0 aliphatic heterocycles. The smallest absolute Gasteiger partial charge is 0.264 e. The van der Waals surface area contributed by atoms with Crippen LogP contribution in [0.4, 0.5) is 0 Å². The molecule has 0 bridgehead atoms. The van der Waals surface area contributed by atoms with Crippen molar-refractivity contribution in [2.75, 3.05) is 12.9 Å². The standard InChI is InChI=1S/C12H13BrN2O3S/c1-19(16,17)18-7-6-10-8-14-15(9-10)12-4-2-11(13)3-5-12/h2-5,8-9H,6-7H2,1H3. The monoisotopic (exact) mass is 344 g/mol. The minimum Gasteiger partial charge on any atom is -0.270 e. The number of halogens is 1. The highest BCUT2D eigenvalue weighted by molar-refractivity contribution is 9.10. The van der Waals surface area contributed by atoms with Gasteiger partial charge in [0.15, 0.2) is 0 Å². The molecule has 0 spiro atoms. The topological polar surface area (TPSA) is 61.2 Å². The zero-order chi connectivity index (χ0) is 13.9. The van der Waals surface area contributed by atoms with Crippen LogP contribution in [0, 0.1) is 0 Å². The number of hydrogen-bond donors (Lipinski definition) is 0. The summed E-state index contributed by atoms with van der Waals surface area (Å²) in [5.74, 6) is 0. The molecule has 7 heteroatoms. The van der Waals surface area contributed by atoms with E-state index in [9.17, 15) is 8.42 Å². The highest BCUT2D eigenvalue weighted by atomic mass is 79.9. The van der Waals surface area contributed by atoms with Gasteiger partial charge in [0, 0.05) is 17.1 Å². The molecule has 0 unspecified atom stereocenters. The molecular weight excluding hydrogens is 332 g/mol. The Morgan fingerprint density at radius 2 is 2.00 bits per heavy atom. The lowest BCUT2D eigenvalue weighted by Gasteiger charge is -2.01. The van der Waals surface area contributed by atoms with Crippen molar-refractivity contribution in [3.63, 3.8) is 0 Å². The predicted octanol–water partition coefficient (Wildman–Crippen LogP) is 2.15. The quantitative estimate of drug-likeness (QED) is 0.779. The third-order valence-corrected chi connectivity index (χ3v) is 3.54. The number of hydrogen-bond acceptors (Lipinski definition) is 4. The molecule has 1 aromatic carbocycles. The Labute approximate surface area is 120 Å². The molecule has 1 aromatic heterocycles. The van der Waals surface area contributed by atoms with E-state index in [0.29, 0.717) is 6.42 Å². The number of aromatic nitrogens is 2. The Morgan fingerprint density at radius 1 is 1.32 bits per heavy atom. The number of benzene rings is 1. The van der Waals surface area contributed by atoms with Crippen LogP contribution in [0.25, 0.3) is 5.69 Å². The SMILES string of the molecule is CS(=O)(=O)OCCc1cnn(-c2ccc(Br)cc2)c1. The van der Waals surface area contributed by atoms with Crippen LogP contribution in [0.15, 0.2) is 41.1 Å².